The van der Waals surface area contributed by atoms with E-state index in [0.29, 0.717) is 10.7 Å². The fourth-order valence-electron chi connectivity index (χ4n) is 2.37. The Kier molecular flexibility index (Phi) is 4.29. The Balaban J connectivity index is 2.15. The van der Waals surface area contributed by atoms with E-state index in [1.807, 2.05) is 0 Å². The van der Waals surface area contributed by atoms with Crippen LogP contribution in [0.15, 0.2) is 10.9 Å². The summed E-state index contributed by atoms with van der Waals surface area (Å²) in [4.78, 5) is 16.5. The van der Waals surface area contributed by atoms with Gasteiger partial charge < -0.3 is 11.1 Å². The minimum Gasteiger partial charge on any atom is -0.391 e. The fraction of sp³-hybridized carbons (Fsp3) is 0.583. The van der Waals surface area contributed by atoms with Crippen LogP contribution in [0, 0.1) is 0 Å². The van der Waals surface area contributed by atoms with Gasteiger partial charge in [0.05, 0.1) is 16.0 Å². The summed E-state index contributed by atoms with van der Waals surface area (Å²) in [6.45, 7) is 0. The summed E-state index contributed by atoms with van der Waals surface area (Å²) in [5, 5.41) is 4.75. The molecular formula is C12H17N3OS2. The molecule has 0 spiro atoms. The van der Waals surface area contributed by atoms with Crippen molar-refractivity contribution in [1.29, 1.82) is 0 Å². The molecule has 0 atom stereocenters. The molecule has 18 heavy (non-hydrogen) atoms. The quantitative estimate of drug-likeness (QED) is 0.659. The highest BCUT2D eigenvalue weighted by Gasteiger charge is 2.36. The van der Waals surface area contributed by atoms with Crippen LogP contribution in [0.4, 0.5) is 0 Å². The summed E-state index contributed by atoms with van der Waals surface area (Å²) < 4.78 is 0. The second-order valence-electron chi connectivity index (χ2n) is 4.69. The van der Waals surface area contributed by atoms with Gasteiger partial charge in [-0.3, -0.25) is 4.79 Å². The van der Waals surface area contributed by atoms with Gasteiger partial charge in [0.2, 0.25) is 0 Å². The van der Waals surface area contributed by atoms with Gasteiger partial charge in [0.15, 0.2) is 0 Å². The molecule has 1 fully saturated rings. The number of nitrogens with zero attached hydrogens (tertiary/aromatic N) is 1. The molecule has 98 valence electrons. The van der Waals surface area contributed by atoms with Gasteiger partial charge in [0.25, 0.3) is 5.91 Å². The number of rotatable bonds is 3. The third kappa shape index (κ3) is 2.87. The predicted molar refractivity (Wildman–Crippen MR) is 76.8 cm³/mol. The molecule has 0 unspecified atom stereocenters. The van der Waals surface area contributed by atoms with Crippen molar-refractivity contribution >= 4 is 34.5 Å². The van der Waals surface area contributed by atoms with Crippen LogP contribution in [0.2, 0.25) is 0 Å². The van der Waals surface area contributed by atoms with Crippen molar-refractivity contribution in [3.8, 4) is 0 Å². The van der Waals surface area contributed by atoms with Crippen LogP contribution in [0.25, 0.3) is 0 Å². The van der Waals surface area contributed by atoms with Crippen LogP contribution in [0.5, 0.6) is 0 Å². The van der Waals surface area contributed by atoms with Gasteiger partial charge in [-0.25, -0.2) is 4.98 Å². The Labute approximate surface area is 116 Å². The van der Waals surface area contributed by atoms with Crippen LogP contribution in [0.3, 0.4) is 0 Å². The van der Waals surface area contributed by atoms with Crippen molar-refractivity contribution in [2.75, 3.05) is 0 Å². The van der Waals surface area contributed by atoms with E-state index in [0.717, 1.165) is 25.7 Å². The number of thiazole rings is 1. The molecule has 1 aromatic rings. The highest BCUT2D eigenvalue weighted by Crippen LogP contribution is 2.28. The molecule has 6 heteroatoms. The van der Waals surface area contributed by atoms with Gasteiger partial charge in [-0.1, -0.05) is 37.9 Å². The number of hydrogen-bond acceptors (Lipinski definition) is 4. The molecule has 1 heterocycles. The number of nitrogens with one attached hydrogen (secondary N) is 1. The van der Waals surface area contributed by atoms with E-state index in [2.05, 4.69) is 10.3 Å². The molecule has 1 aliphatic rings. The second-order valence-corrected chi connectivity index (χ2v) is 5.85. The van der Waals surface area contributed by atoms with Crippen molar-refractivity contribution in [3.05, 3.63) is 16.6 Å². The number of carbonyl (C=O) groups excluding carboxylic acids is 1. The van der Waals surface area contributed by atoms with E-state index < -0.39 is 5.54 Å². The van der Waals surface area contributed by atoms with E-state index in [1.54, 1.807) is 10.9 Å². The zero-order valence-electron chi connectivity index (χ0n) is 10.1. The van der Waals surface area contributed by atoms with Crippen LogP contribution in [0.1, 0.15) is 49.0 Å². The normalized spacial score (nSPS) is 18.9. The number of amides is 1. The lowest BCUT2D eigenvalue weighted by atomic mass is 9.90. The summed E-state index contributed by atoms with van der Waals surface area (Å²) in [7, 11) is 0. The highest BCUT2D eigenvalue weighted by atomic mass is 32.1. The van der Waals surface area contributed by atoms with Crippen LogP contribution < -0.4 is 11.1 Å². The summed E-state index contributed by atoms with van der Waals surface area (Å²) in [5.41, 5.74) is 7.44. The molecule has 0 aliphatic heterocycles. The summed E-state index contributed by atoms with van der Waals surface area (Å²) in [6.07, 6.45) is 6.12. The first-order chi connectivity index (χ1) is 8.64. The molecule has 3 N–H and O–H groups in total. The number of aromatic nitrogens is 1. The number of thiocarbonyl (C=S) groups is 1. The number of nitrogens with two attached hydrogens (primary N) is 1. The Morgan fingerprint density at radius 3 is 2.56 bits per heavy atom. The van der Waals surface area contributed by atoms with Gasteiger partial charge in [-0.05, 0) is 12.8 Å². The van der Waals surface area contributed by atoms with Crippen LogP contribution in [-0.2, 0) is 0 Å². The first-order valence-electron chi connectivity index (χ1n) is 6.15. The molecule has 0 radical (unpaired) electrons. The van der Waals surface area contributed by atoms with E-state index in [4.69, 9.17) is 18.0 Å². The number of carbonyl (C=O) groups is 1. The lowest BCUT2D eigenvalue weighted by Gasteiger charge is -2.32. The zero-order valence-corrected chi connectivity index (χ0v) is 11.8. The van der Waals surface area contributed by atoms with Gasteiger partial charge in [-0.15, -0.1) is 11.3 Å². The van der Waals surface area contributed by atoms with Gasteiger partial charge in [0, 0.05) is 5.38 Å². The van der Waals surface area contributed by atoms with Crippen molar-refractivity contribution in [1.82, 2.24) is 10.3 Å². The monoisotopic (exact) mass is 283 g/mol. The van der Waals surface area contributed by atoms with Crippen LogP contribution >= 0.6 is 23.6 Å². The third-order valence-electron chi connectivity index (χ3n) is 3.45. The summed E-state index contributed by atoms with van der Waals surface area (Å²) >= 11 is 6.59. The molecular weight excluding hydrogens is 266 g/mol. The second kappa shape index (κ2) is 5.75. The van der Waals surface area contributed by atoms with Crippen molar-refractivity contribution in [2.45, 2.75) is 44.1 Å². The van der Waals surface area contributed by atoms with Crippen molar-refractivity contribution in [3.63, 3.8) is 0 Å². The average molecular weight is 283 g/mol. The maximum Gasteiger partial charge on any atom is 0.271 e. The summed E-state index contributed by atoms with van der Waals surface area (Å²) in [6, 6.07) is 0. The Bertz CT molecular complexity index is 423. The first kappa shape index (κ1) is 13.4. The molecule has 2 rings (SSSR count). The minimum absolute atomic E-state index is 0.175. The van der Waals surface area contributed by atoms with E-state index in [1.165, 1.54) is 24.2 Å². The standard InChI is InChI=1S/C12H17N3OS2/c13-11(17)12(5-3-1-2-4-6-12)15-10(16)9-7-18-8-14-9/h7-8H,1-6H2,(H2,13,17)(H,15,16). The topological polar surface area (TPSA) is 68.0 Å². The number of hydrogen-bond donors (Lipinski definition) is 2. The van der Waals surface area contributed by atoms with Crippen molar-refractivity contribution < 1.29 is 4.79 Å². The SMILES string of the molecule is NC(=S)C1(NC(=O)c2cscn2)CCCCCC1. The lowest BCUT2D eigenvalue weighted by molar-refractivity contribution is 0.0913. The van der Waals surface area contributed by atoms with E-state index in [9.17, 15) is 4.79 Å². The smallest absolute Gasteiger partial charge is 0.271 e. The fourth-order valence-corrected chi connectivity index (χ4v) is 3.16. The predicted octanol–water partition coefficient (Wildman–Crippen LogP) is 2.25. The van der Waals surface area contributed by atoms with Gasteiger partial charge >= 0.3 is 0 Å². The first-order valence-corrected chi connectivity index (χ1v) is 7.50. The molecule has 1 aliphatic carbocycles. The highest BCUT2D eigenvalue weighted by molar-refractivity contribution is 7.80. The molecule has 1 amide bonds. The molecule has 0 bridgehead atoms. The summed E-state index contributed by atoms with van der Waals surface area (Å²) in [5.74, 6) is -0.175. The van der Waals surface area contributed by atoms with Crippen molar-refractivity contribution in [2.24, 2.45) is 5.73 Å². The average Bonchev–Trinajstić information content (AvgIpc) is 2.77. The zero-order chi connectivity index (χ0) is 13.0. The maximum atomic E-state index is 12.1. The largest absolute Gasteiger partial charge is 0.391 e. The van der Waals surface area contributed by atoms with Gasteiger partial charge in [0.1, 0.15) is 5.69 Å². The maximum absolute atomic E-state index is 12.1. The molecule has 1 aromatic heterocycles. The molecule has 0 aromatic carbocycles. The molecule has 0 saturated heterocycles. The molecule has 1 saturated carbocycles. The minimum atomic E-state index is -0.521. The lowest BCUT2D eigenvalue weighted by Crippen LogP contribution is -2.56. The van der Waals surface area contributed by atoms with Crippen LogP contribution in [-0.4, -0.2) is 21.4 Å². The van der Waals surface area contributed by atoms with Gasteiger partial charge in [-0.2, -0.15) is 0 Å². The van der Waals surface area contributed by atoms with E-state index >= 15 is 0 Å². The third-order valence-corrected chi connectivity index (χ3v) is 4.42. The van der Waals surface area contributed by atoms with E-state index in [-0.39, 0.29) is 5.91 Å². The Morgan fingerprint density at radius 1 is 1.39 bits per heavy atom. The Morgan fingerprint density at radius 2 is 2.06 bits per heavy atom. The Hall–Kier alpha value is -1.01. The molecule has 4 nitrogen and oxygen atoms in total.